The zero-order valence-electron chi connectivity index (χ0n) is 19.2. The highest BCUT2D eigenvalue weighted by molar-refractivity contribution is 7.19. The first kappa shape index (κ1) is 23.0. The Labute approximate surface area is 204 Å². The summed E-state index contributed by atoms with van der Waals surface area (Å²) in [5.41, 5.74) is 3.35. The minimum Gasteiger partial charge on any atom is -0.378 e. The number of aryl methyl sites for hydroxylation is 1. The Kier molecular flexibility index (Phi) is 6.44. The number of hydrogen-bond donors (Lipinski definition) is 2. The molecule has 180 valence electrons. The van der Waals surface area contributed by atoms with Crippen LogP contribution in [0.1, 0.15) is 21.1 Å². The van der Waals surface area contributed by atoms with E-state index in [-0.39, 0.29) is 5.56 Å². The molecule has 0 aliphatic carbocycles. The maximum atomic E-state index is 11.5. The van der Waals surface area contributed by atoms with Gasteiger partial charge in [-0.3, -0.25) is 10.0 Å². The third-order valence-corrected chi connectivity index (χ3v) is 6.60. The van der Waals surface area contributed by atoms with E-state index in [2.05, 4.69) is 24.8 Å². The van der Waals surface area contributed by atoms with Gasteiger partial charge in [-0.2, -0.15) is 0 Å². The van der Waals surface area contributed by atoms with E-state index in [4.69, 9.17) is 19.9 Å². The number of ether oxygens (including phenoxy) is 1. The van der Waals surface area contributed by atoms with Crippen molar-refractivity contribution in [2.45, 2.75) is 13.5 Å². The first-order chi connectivity index (χ1) is 17.0. The van der Waals surface area contributed by atoms with Gasteiger partial charge < -0.3 is 14.5 Å². The molecular formula is C22H23N9O3S. The van der Waals surface area contributed by atoms with Gasteiger partial charge in [-0.25, -0.2) is 35.4 Å². The fraction of sp³-hybridized carbons (Fsp3) is 0.318. The molecule has 0 saturated carbocycles. The molecule has 0 atom stereocenters. The summed E-state index contributed by atoms with van der Waals surface area (Å²) >= 11 is 1.63. The van der Waals surface area contributed by atoms with Gasteiger partial charge in [0.2, 0.25) is 5.95 Å². The number of amides is 1. The van der Waals surface area contributed by atoms with Crippen molar-refractivity contribution < 1.29 is 14.7 Å². The molecule has 2 N–H and O–H groups in total. The summed E-state index contributed by atoms with van der Waals surface area (Å²) in [6.07, 6.45) is 6.22. The van der Waals surface area contributed by atoms with Gasteiger partial charge in [0.05, 0.1) is 41.1 Å². The second-order valence-electron chi connectivity index (χ2n) is 7.99. The van der Waals surface area contributed by atoms with E-state index in [9.17, 15) is 4.79 Å². The van der Waals surface area contributed by atoms with Gasteiger partial charge in [0.1, 0.15) is 5.82 Å². The molecule has 5 rings (SSSR count). The van der Waals surface area contributed by atoms with Crippen LogP contribution in [-0.2, 0) is 11.3 Å². The molecule has 13 heteroatoms. The second kappa shape index (κ2) is 9.82. The Bertz CT molecular complexity index is 1340. The molecule has 1 fully saturated rings. The third-order valence-electron chi connectivity index (χ3n) is 5.49. The van der Waals surface area contributed by atoms with Crippen molar-refractivity contribution in [2.75, 3.05) is 43.2 Å². The molecule has 12 nitrogen and oxygen atoms in total. The lowest BCUT2D eigenvalue weighted by molar-refractivity contribution is 0.0705. The number of fused-ring (bicyclic) bond motifs is 1. The van der Waals surface area contributed by atoms with Crippen molar-refractivity contribution in [1.29, 1.82) is 0 Å². The summed E-state index contributed by atoms with van der Waals surface area (Å²) in [5.74, 6) is 1.94. The Morgan fingerprint density at radius 2 is 1.86 bits per heavy atom. The number of rotatable bonds is 6. The smallest absolute Gasteiger partial charge is 0.277 e. The molecule has 0 bridgehead atoms. The van der Waals surface area contributed by atoms with Crippen molar-refractivity contribution >= 4 is 39.2 Å². The lowest BCUT2D eigenvalue weighted by atomic mass is 10.3. The average molecular weight is 494 g/mol. The normalized spacial score (nSPS) is 13.7. The van der Waals surface area contributed by atoms with Gasteiger partial charge in [0, 0.05) is 49.8 Å². The number of nitrogens with zero attached hydrogens (tertiary/aromatic N) is 8. The summed E-state index contributed by atoms with van der Waals surface area (Å²) in [5, 5.41) is 8.76. The van der Waals surface area contributed by atoms with Crippen LogP contribution in [0.4, 0.5) is 11.8 Å². The Balaban J connectivity index is 1.47. The molecule has 1 saturated heterocycles. The van der Waals surface area contributed by atoms with E-state index in [1.54, 1.807) is 29.2 Å². The summed E-state index contributed by atoms with van der Waals surface area (Å²) in [6.45, 7) is 5.19. The molecular weight excluding hydrogens is 470 g/mol. The van der Waals surface area contributed by atoms with Gasteiger partial charge in [-0.05, 0) is 13.0 Å². The van der Waals surface area contributed by atoms with Crippen LogP contribution in [0.5, 0.6) is 0 Å². The number of hydroxylamine groups is 1. The van der Waals surface area contributed by atoms with E-state index >= 15 is 0 Å². The largest absolute Gasteiger partial charge is 0.378 e. The highest BCUT2D eigenvalue weighted by Gasteiger charge is 2.21. The van der Waals surface area contributed by atoms with Crippen LogP contribution in [-0.4, -0.2) is 74.4 Å². The fourth-order valence-corrected chi connectivity index (χ4v) is 4.84. The van der Waals surface area contributed by atoms with Crippen LogP contribution < -0.4 is 15.3 Å². The second-order valence-corrected chi connectivity index (χ2v) is 9.12. The number of carbonyl (C=O) groups is 1. The lowest BCUT2D eigenvalue weighted by Gasteiger charge is -2.28. The zero-order valence-corrected chi connectivity index (χ0v) is 20.0. The molecule has 0 radical (unpaired) electrons. The molecule has 4 aromatic heterocycles. The molecule has 35 heavy (non-hydrogen) atoms. The minimum atomic E-state index is -0.660. The summed E-state index contributed by atoms with van der Waals surface area (Å²) in [6, 6.07) is 2.05. The fourth-order valence-electron chi connectivity index (χ4n) is 3.67. The van der Waals surface area contributed by atoms with Crippen molar-refractivity contribution in [2.24, 2.45) is 0 Å². The predicted molar refractivity (Wildman–Crippen MR) is 130 cm³/mol. The number of nitrogens with one attached hydrogen (secondary N) is 1. The molecule has 0 unspecified atom stereocenters. The van der Waals surface area contributed by atoms with Crippen LogP contribution in [0.2, 0.25) is 0 Å². The molecule has 1 aliphatic rings. The van der Waals surface area contributed by atoms with Gasteiger partial charge in [0.25, 0.3) is 5.91 Å². The van der Waals surface area contributed by atoms with E-state index in [1.807, 2.05) is 24.9 Å². The maximum absolute atomic E-state index is 11.5. The van der Waals surface area contributed by atoms with Crippen molar-refractivity contribution in [3.05, 3.63) is 47.1 Å². The Hall–Kier alpha value is -3.81. The van der Waals surface area contributed by atoms with Crippen molar-refractivity contribution in [3.63, 3.8) is 0 Å². The summed E-state index contributed by atoms with van der Waals surface area (Å²) in [4.78, 5) is 43.4. The topological polar surface area (TPSA) is 142 Å². The standard InChI is InChI=1S/C22H23N9O3S/c1-13-23-8-14(9-24-13)19-27-17-7-16(35-18(17)20(28-19)31-3-5-34-6-4-31)12-30(2)22-25-10-15(11-26-22)21(32)29-33/h7-11,33H,3-6,12H2,1-2H3,(H,29,32). The first-order valence-corrected chi connectivity index (χ1v) is 11.7. The number of aromatic nitrogens is 6. The Morgan fingerprint density at radius 1 is 1.14 bits per heavy atom. The third kappa shape index (κ3) is 4.87. The van der Waals surface area contributed by atoms with Gasteiger partial charge >= 0.3 is 0 Å². The monoisotopic (exact) mass is 493 g/mol. The number of hydrogen-bond acceptors (Lipinski definition) is 12. The highest BCUT2D eigenvalue weighted by atomic mass is 32.1. The molecule has 0 aromatic carbocycles. The van der Waals surface area contributed by atoms with Crippen LogP contribution >= 0.6 is 11.3 Å². The molecule has 4 aromatic rings. The number of thiophene rings is 1. The minimum absolute atomic E-state index is 0.171. The van der Waals surface area contributed by atoms with Crippen LogP contribution in [0.15, 0.2) is 30.9 Å². The quantitative estimate of drug-likeness (QED) is 0.300. The van der Waals surface area contributed by atoms with Crippen molar-refractivity contribution in [3.8, 4) is 11.4 Å². The number of anilines is 2. The molecule has 1 aliphatic heterocycles. The molecule has 0 spiro atoms. The first-order valence-electron chi connectivity index (χ1n) is 10.9. The summed E-state index contributed by atoms with van der Waals surface area (Å²) < 4.78 is 6.54. The SMILES string of the molecule is Cc1ncc(-c2nc(N3CCOCC3)c3sc(CN(C)c4ncc(C(=O)NO)cn4)cc3n2)cn1. The molecule has 5 heterocycles. The van der Waals surface area contributed by atoms with E-state index in [1.165, 1.54) is 12.4 Å². The van der Waals surface area contributed by atoms with E-state index in [0.29, 0.717) is 37.4 Å². The van der Waals surface area contributed by atoms with Crippen LogP contribution in [0.25, 0.3) is 21.6 Å². The average Bonchev–Trinajstić information content (AvgIpc) is 3.31. The van der Waals surface area contributed by atoms with Crippen molar-refractivity contribution in [1.82, 2.24) is 35.4 Å². The lowest BCUT2D eigenvalue weighted by Crippen LogP contribution is -2.36. The van der Waals surface area contributed by atoms with E-state index in [0.717, 1.165) is 39.6 Å². The molecule has 1 amide bonds. The van der Waals surface area contributed by atoms with Gasteiger partial charge in [0.15, 0.2) is 11.6 Å². The highest BCUT2D eigenvalue weighted by Crippen LogP contribution is 2.35. The van der Waals surface area contributed by atoms with Crippen LogP contribution in [0, 0.1) is 6.92 Å². The summed E-state index contributed by atoms with van der Waals surface area (Å²) in [7, 11) is 1.87. The van der Waals surface area contributed by atoms with Gasteiger partial charge in [-0.1, -0.05) is 0 Å². The van der Waals surface area contributed by atoms with E-state index < -0.39 is 5.91 Å². The predicted octanol–water partition coefficient (Wildman–Crippen LogP) is 1.84. The van der Waals surface area contributed by atoms with Crippen LogP contribution in [0.3, 0.4) is 0 Å². The zero-order chi connectivity index (χ0) is 24.4. The number of carbonyl (C=O) groups excluding carboxylic acids is 1. The van der Waals surface area contributed by atoms with Gasteiger partial charge in [-0.15, -0.1) is 11.3 Å². The maximum Gasteiger partial charge on any atom is 0.277 e. The number of morpholine rings is 1. The Morgan fingerprint density at radius 3 is 2.54 bits per heavy atom.